The van der Waals surface area contributed by atoms with E-state index >= 15 is 0 Å². The van der Waals surface area contributed by atoms with Gasteiger partial charge < -0.3 is 5.84 Å². The summed E-state index contributed by atoms with van der Waals surface area (Å²) in [7, 11) is 0. The Labute approximate surface area is 77.3 Å². The molecule has 2 aromatic rings. The van der Waals surface area contributed by atoms with Crippen LogP contribution in [0, 0.1) is 3.57 Å². The molecular weight excluding hydrogens is 253 g/mol. The molecule has 11 heavy (non-hydrogen) atoms. The van der Waals surface area contributed by atoms with Crippen molar-refractivity contribution in [3.05, 3.63) is 28.0 Å². The van der Waals surface area contributed by atoms with E-state index < -0.39 is 0 Å². The Hall–Kier alpha value is -0.780. The van der Waals surface area contributed by atoms with Crippen molar-refractivity contribution in [3.63, 3.8) is 0 Å². The predicted octanol–water partition coefficient (Wildman–Crippen LogP) is 1.35. The van der Waals surface area contributed by atoms with Crippen molar-refractivity contribution >= 4 is 33.5 Å². The molecule has 0 amide bonds. The Kier molecular flexibility index (Phi) is 1.49. The summed E-state index contributed by atoms with van der Waals surface area (Å²) in [6, 6.07) is 6.04. The molecule has 3 nitrogen and oxygen atoms in total. The third kappa shape index (κ3) is 1.07. The van der Waals surface area contributed by atoms with Crippen LogP contribution >= 0.6 is 22.6 Å². The van der Waals surface area contributed by atoms with E-state index in [1.165, 1.54) is 8.36 Å². The first-order valence-corrected chi connectivity index (χ1v) is 4.23. The smallest absolute Gasteiger partial charge is 0.0926 e. The van der Waals surface area contributed by atoms with Crippen LogP contribution in [0.3, 0.4) is 0 Å². The van der Waals surface area contributed by atoms with Crippen molar-refractivity contribution in [2.45, 2.75) is 0 Å². The van der Waals surface area contributed by atoms with Gasteiger partial charge in [-0.15, -0.1) is 0 Å². The van der Waals surface area contributed by atoms with Crippen LogP contribution in [0.1, 0.15) is 0 Å². The van der Waals surface area contributed by atoms with Crippen LogP contribution in [-0.2, 0) is 0 Å². The van der Waals surface area contributed by atoms with Crippen LogP contribution in [-0.4, -0.2) is 9.89 Å². The number of nitrogens with two attached hydrogens (primary N) is 1. The highest BCUT2D eigenvalue weighted by molar-refractivity contribution is 14.1. The Balaban J connectivity index is 2.87. The summed E-state index contributed by atoms with van der Waals surface area (Å²) in [5.41, 5.74) is 0.969. The van der Waals surface area contributed by atoms with Gasteiger partial charge in [-0.1, -0.05) is 6.07 Å². The summed E-state index contributed by atoms with van der Waals surface area (Å²) in [4.78, 5) is 1.39. The molecule has 0 atom stereocenters. The van der Waals surface area contributed by atoms with Crippen molar-refractivity contribution in [3.8, 4) is 0 Å². The molecule has 0 radical (unpaired) electrons. The van der Waals surface area contributed by atoms with E-state index in [0.29, 0.717) is 0 Å². The van der Waals surface area contributed by atoms with Crippen LogP contribution in [0.4, 0.5) is 0 Å². The fourth-order valence-electron chi connectivity index (χ4n) is 1.01. The van der Waals surface area contributed by atoms with Crippen molar-refractivity contribution in [2.24, 2.45) is 0 Å². The highest BCUT2D eigenvalue weighted by Gasteiger charge is 1.98. The van der Waals surface area contributed by atoms with Crippen molar-refractivity contribution in [1.29, 1.82) is 0 Å². The molecule has 2 rings (SSSR count). The van der Waals surface area contributed by atoms with Gasteiger partial charge in [-0.25, -0.2) is 0 Å². The average Bonchev–Trinajstić information content (AvgIpc) is 2.33. The molecule has 1 heterocycles. The highest BCUT2D eigenvalue weighted by Crippen LogP contribution is 2.14. The van der Waals surface area contributed by atoms with E-state index in [4.69, 9.17) is 5.84 Å². The molecule has 0 aliphatic heterocycles. The van der Waals surface area contributed by atoms with Crippen molar-refractivity contribution < 1.29 is 0 Å². The molecule has 2 N–H and O–H groups in total. The Morgan fingerprint density at radius 3 is 3.09 bits per heavy atom. The second-order valence-electron chi connectivity index (χ2n) is 2.29. The number of rotatable bonds is 0. The second-order valence-corrected chi connectivity index (χ2v) is 3.54. The summed E-state index contributed by atoms with van der Waals surface area (Å²) in [6.45, 7) is 0. The zero-order valence-electron chi connectivity index (χ0n) is 5.66. The molecule has 0 bridgehead atoms. The molecule has 0 aliphatic carbocycles. The van der Waals surface area contributed by atoms with Gasteiger partial charge in [0.2, 0.25) is 0 Å². The number of hydrogen-bond donors (Lipinski definition) is 1. The molecule has 1 aromatic heterocycles. The second kappa shape index (κ2) is 2.37. The van der Waals surface area contributed by atoms with Gasteiger partial charge >= 0.3 is 0 Å². The Morgan fingerprint density at radius 2 is 2.27 bits per heavy atom. The zero-order valence-corrected chi connectivity index (χ0v) is 7.82. The zero-order chi connectivity index (χ0) is 7.84. The third-order valence-electron chi connectivity index (χ3n) is 1.56. The first kappa shape index (κ1) is 6.90. The van der Waals surface area contributed by atoms with Crippen LogP contribution in [0.5, 0.6) is 0 Å². The van der Waals surface area contributed by atoms with E-state index in [2.05, 4.69) is 27.7 Å². The molecule has 4 heteroatoms. The summed E-state index contributed by atoms with van der Waals surface area (Å²) in [5, 5.41) is 5.00. The van der Waals surface area contributed by atoms with Gasteiger partial charge in [0.05, 0.1) is 11.7 Å². The normalized spacial score (nSPS) is 10.6. The van der Waals surface area contributed by atoms with Crippen LogP contribution in [0.2, 0.25) is 0 Å². The van der Waals surface area contributed by atoms with Gasteiger partial charge in [-0.2, -0.15) is 9.89 Å². The predicted molar refractivity (Wildman–Crippen MR) is 52.6 cm³/mol. The number of benzene rings is 1. The molecule has 0 aliphatic rings. The van der Waals surface area contributed by atoms with Gasteiger partial charge in [0.25, 0.3) is 0 Å². The van der Waals surface area contributed by atoms with Gasteiger partial charge in [0, 0.05) is 8.96 Å². The topological polar surface area (TPSA) is 43.8 Å². The first-order valence-electron chi connectivity index (χ1n) is 3.16. The number of halogens is 1. The summed E-state index contributed by atoms with van der Waals surface area (Å²) < 4.78 is 1.17. The number of fused-ring (bicyclic) bond motifs is 1. The maximum Gasteiger partial charge on any atom is 0.0926 e. The lowest BCUT2D eigenvalue weighted by atomic mass is 10.3. The number of nitrogen functional groups attached to an aromatic ring is 1. The number of aromatic nitrogens is 2. The summed E-state index contributed by atoms with van der Waals surface area (Å²) in [6.07, 6.45) is 1.76. The standard InChI is InChI=1S/C7H6IN3/c8-6-2-1-5-4-10-11(9)7(5)3-6/h1-4H,9H2. The summed E-state index contributed by atoms with van der Waals surface area (Å²) in [5.74, 6) is 5.55. The first-order chi connectivity index (χ1) is 5.27. The molecular formula is C7H6IN3. The third-order valence-corrected chi connectivity index (χ3v) is 2.23. The largest absolute Gasteiger partial charge is 0.323 e. The maximum absolute atomic E-state index is 5.55. The lowest BCUT2D eigenvalue weighted by molar-refractivity contribution is 0.862. The van der Waals surface area contributed by atoms with E-state index in [-0.39, 0.29) is 0 Å². The molecule has 0 spiro atoms. The van der Waals surface area contributed by atoms with E-state index in [1.54, 1.807) is 6.20 Å². The fraction of sp³-hybridized carbons (Fsp3) is 0. The molecule has 0 saturated heterocycles. The Morgan fingerprint density at radius 1 is 1.45 bits per heavy atom. The van der Waals surface area contributed by atoms with E-state index in [9.17, 15) is 0 Å². The minimum atomic E-state index is 0.969. The monoisotopic (exact) mass is 259 g/mol. The van der Waals surface area contributed by atoms with Crippen LogP contribution in [0.25, 0.3) is 10.9 Å². The minimum Gasteiger partial charge on any atom is -0.323 e. The molecule has 0 saturated carbocycles. The lowest BCUT2D eigenvalue weighted by Crippen LogP contribution is -2.08. The molecule has 1 aromatic carbocycles. The highest BCUT2D eigenvalue weighted by atomic mass is 127. The van der Waals surface area contributed by atoms with Crippen molar-refractivity contribution in [1.82, 2.24) is 9.89 Å². The number of nitrogens with zero attached hydrogens (tertiary/aromatic N) is 2. The van der Waals surface area contributed by atoms with Crippen molar-refractivity contribution in [2.75, 3.05) is 5.84 Å². The molecule has 0 fully saturated rings. The van der Waals surface area contributed by atoms with Gasteiger partial charge in [-0.3, -0.25) is 0 Å². The van der Waals surface area contributed by atoms with Crippen LogP contribution in [0.15, 0.2) is 24.4 Å². The van der Waals surface area contributed by atoms with Gasteiger partial charge in [-0.05, 0) is 34.7 Å². The number of hydrogen-bond acceptors (Lipinski definition) is 2. The molecule has 0 unspecified atom stereocenters. The van der Waals surface area contributed by atoms with Gasteiger partial charge in [0.1, 0.15) is 0 Å². The maximum atomic E-state index is 5.55. The van der Waals surface area contributed by atoms with Crippen LogP contribution < -0.4 is 5.84 Å². The molecule has 56 valence electrons. The SMILES string of the molecule is Nn1ncc2ccc(I)cc21. The van der Waals surface area contributed by atoms with E-state index in [0.717, 1.165) is 10.9 Å². The Bertz CT molecular complexity index is 393. The average molecular weight is 259 g/mol. The van der Waals surface area contributed by atoms with E-state index in [1.807, 2.05) is 18.2 Å². The lowest BCUT2D eigenvalue weighted by Gasteiger charge is -1.93. The summed E-state index contributed by atoms with van der Waals surface area (Å²) >= 11 is 2.25. The quantitative estimate of drug-likeness (QED) is 0.573. The van der Waals surface area contributed by atoms with Gasteiger partial charge in [0.15, 0.2) is 0 Å². The minimum absolute atomic E-state index is 0.969. The fourth-order valence-corrected chi connectivity index (χ4v) is 1.49.